The predicted molar refractivity (Wildman–Crippen MR) is 79.0 cm³/mol. The Morgan fingerprint density at radius 1 is 1.32 bits per heavy atom. The van der Waals surface area contributed by atoms with E-state index in [0.717, 1.165) is 5.69 Å². The molecule has 0 bridgehead atoms. The summed E-state index contributed by atoms with van der Waals surface area (Å²) >= 11 is 1.77. The largest absolute Gasteiger partial charge is 0.381 e. The van der Waals surface area contributed by atoms with Gasteiger partial charge >= 0.3 is 0 Å². The topological polar surface area (TPSA) is 55.2 Å². The summed E-state index contributed by atoms with van der Waals surface area (Å²) in [5.74, 6) is 0. The van der Waals surface area contributed by atoms with Crippen LogP contribution in [-0.4, -0.2) is 4.92 Å². The van der Waals surface area contributed by atoms with Crippen LogP contribution in [0.2, 0.25) is 0 Å². The standard InChI is InChI=1S/C14H16N2O2S/c1-9-7-12(11(3)19-9)8-15-13-5-4-6-14(10(13)2)16(17)18/h4-7,15H,8H2,1-3H3. The van der Waals surface area contributed by atoms with Crippen LogP contribution in [0.4, 0.5) is 11.4 Å². The van der Waals surface area contributed by atoms with Crippen molar-refractivity contribution in [1.29, 1.82) is 0 Å². The predicted octanol–water partition coefficient (Wildman–Crippen LogP) is 4.19. The fourth-order valence-electron chi connectivity index (χ4n) is 2.06. The molecule has 1 aromatic heterocycles. The van der Waals surface area contributed by atoms with Gasteiger partial charge in [0.25, 0.3) is 5.69 Å². The van der Waals surface area contributed by atoms with Gasteiger partial charge in [-0.2, -0.15) is 0 Å². The first-order chi connectivity index (χ1) is 8.99. The Kier molecular flexibility index (Phi) is 3.85. The third kappa shape index (κ3) is 2.93. The van der Waals surface area contributed by atoms with Gasteiger partial charge in [0.05, 0.1) is 4.92 Å². The van der Waals surface area contributed by atoms with E-state index in [1.807, 2.05) is 6.07 Å². The summed E-state index contributed by atoms with van der Waals surface area (Å²) in [4.78, 5) is 13.1. The lowest BCUT2D eigenvalue weighted by molar-refractivity contribution is -0.385. The number of anilines is 1. The van der Waals surface area contributed by atoms with Crippen LogP contribution in [0, 0.1) is 30.9 Å². The number of nitro benzene ring substituents is 1. The van der Waals surface area contributed by atoms with Crippen molar-refractivity contribution in [3.05, 3.63) is 55.3 Å². The molecule has 100 valence electrons. The highest BCUT2D eigenvalue weighted by atomic mass is 32.1. The summed E-state index contributed by atoms with van der Waals surface area (Å²) in [6.45, 7) is 6.64. The SMILES string of the molecule is Cc1cc(CNc2cccc([N+](=O)[O-])c2C)c(C)s1. The average molecular weight is 276 g/mol. The Morgan fingerprint density at radius 2 is 2.05 bits per heavy atom. The van der Waals surface area contributed by atoms with Gasteiger partial charge in [-0.05, 0) is 38.5 Å². The molecule has 0 aliphatic heterocycles. The van der Waals surface area contributed by atoms with Gasteiger partial charge in [0.15, 0.2) is 0 Å². The average Bonchev–Trinajstić information content (AvgIpc) is 2.66. The van der Waals surface area contributed by atoms with Crippen LogP contribution in [0.25, 0.3) is 0 Å². The van der Waals surface area contributed by atoms with Gasteiger partial charge in [-0.3, -0.25) is 10.1 Å². The molecule has 2 rings (SSSR count). The minimum absolute atomic E-state index is 0.156. The van der Waals surface area contributed by atoms with E-state index in [2.05, 4.69) is 25.2 Å². The minimum atomic E-state index is -0.347. The van der Waals surface area contributed by atoms with Gasteiger partial charge in [-0.1, -0.05) is 6.07 Å². The van der Waals surface area contributed by atoms with Crippen LogP contribution in [0.5, 0.6) is 0 Å². The highest BCUT2D eigenvalue weighted by Gasteiger charge is 2.13. The Hall–Kier alpha value is -1.88. The Bertz CT molecular complexity index is 620. The van der Waals surface area contributed by atoms with E-state index >= 15 is 0 Å². The molecular weight excluding hydrogens is 260 g/mol. The minimum Gasteiger partial charge on any atom is -0.381 e. The highest BCUT2D eigenvalue weighted by Crippen LogP contribution is 2.27. The lowest BCUT2D eigenvalue weighted by atomic mass is 10.1. The molecule has 19 heavy (non-hydrogen) atoms. The number of benzene rings is 1. The van der Waals surface area contributed by atoms with Crippen molar-refractivity contribution in [2.75, 3.05) is 5.32 Å². The number of nitro groups is 1. The quantitative estimate of drug-likeness (QED) is 0.672. The molecular formula is C14H16N2O2S. The molecule has 0 radical (unpaired) electrons. The Morgan fingerprint density at radius 3 is 2.63 bits per heavy atom. The van der Waals surface area contributed by atoms with E-state index in [1.54, 1.807) is 24.3 Å². The zero-order valence-corrected chi connectivity index (χ0v) is 12.0. The molecule has 1 heterocycles. The second-order valence-corrected chi connectivity index (χ2v) is 5.96. The van der Waals surface area contributed by atoms with Gasteiger partial charge < -0.3 is 5.32 Å². The number of aryl methyl sites for hydroxylation is 2. The molecule has 2 aromatic rings. The van der Waals surface area contributed by atoms with E-state index in [1.165, 1.54) is 21.4 Å². The summed E-state index contributed by atoms with van der Waals surface area (Å²) in [5, 5.41) is 14.2. The molecule has 1 aromatic carbocycles. The second kappa shape index (κ2) is 5.40. The zero-order valence-electron chi connectivity index (χ0n) is 11.2. The fourth-order valence-corrected chi connectivity index (χ4v) is 3.01. The van der Waals surface area contributed by atoms with E-state index < -0.39 is 0 Å². The maximum absolute atomic E-state index is 10.9. The van der Waals surface area contributed by atoms with Crippen LogP contribution in [0.3, 0.4) is 0 Å². The molecule has 0 aliphatic carbocycles. The molecule has 0 spiro atoms. The van der Waals surface area contributed by atoms with Gasteiger partial charge in [0.2, 0.25) is 0 Å². The first kappa shape index (κ1) is 13.5. The van der Waals surface area contributed by atoms with E-state index in [9.17, 15) is 10.1 Å². The molecule has 0 fully saturated rings. The molecule has 4 nitrogen and oxygen atoms in total. The number of hydrogen-bond donors (Lipinski definition) is 1. The van der Waals surface area contributed by atoms with Crippen LogP contribution in [-0.2, 0) is 6.54 Å². The normalized spacial score (nSPS) is 10.5. The van der Waals surface area contributed by atoms with Gasteiger partial charge in [0, 0.05) is 33.6 Å². The lowest BCUT2D eigenvalue weighted by Crippen LogP contribution is -2.02. The van der Waals surface area contributed by atoms with Crippen molar-refractivity contribution >= 4 is 22.7 Å². The summed E-state index contributed by atoms with van der Waals surface area (Å²) in [5.41, 5.74) is 2.89. The second-order valence-electron chi connectivity index (χ2n) is 4.50. The first-order valence-corrected chi connectivity index (χ1v) is 6.84. The van der Waals surface area contributed by atoms with E-state index in [0.29, 0.717) is 12.1 Å². The Labute approximate surface area is 116 Å². The zero-order chi connectivity index (χ0) is 14.0. The summed E-state index contributed by atoms with van der Waals surface area (Å²) in [6.07, 6.45) is 0. The van der Waals surface area contributed by atoms with Gasteiger partial charge in [-0.15, -0.1) is 11.3 Å². The smallest absolute Gasteiger partial charge is 0.274 e. The van der Waals surface area contributed by atoms with Crippen LogP contribution in [0.1, 0.15) is 20.9 Å². The van der Waals surface area contributed by atoms with Crippen molar-refractivity contribution < 1.29 is 4.92 Å². The number of rotatable bonds is 4. The number of hydrogen-bond acceptors (Lipinski definition) is 4. The highest BCUT2D eigenvalue weighted by molar-refractivity contribution is 7.12. The fraction of sp³-hybridized carbons (Fsp3) is 0.286. The molecule has 5 heteroatoms. The number of thiophene rings is 1. The monoisotopic (exact) mass is 276 g/mol. The molecule has 0 aliphatic rings. The van der Waals surface area contributed by atoms with Crippen molar-refractivity contribution in [1.82, 2.24) is 0 Å². The third-order valence-electron chi connectivity index (χ3n) is 3.11. The van der Waals surface area contributed by atoms with Gasteiger partial charge in [-0.25, -0.2) is 0 Å². The van der Waals surface area contributed by atoms with Crippen LogP contribution < -0.4 is 5.32 Å². The van der Waals surface area contributed by atoms with E-state index in [4.69, 9.17) is 0 Å². The molecule has 0 amide bonds. The first-order valence-electron chi connectivity index (χ1n) is 6.03. The maximum atomic E-state index is 10.9. The summed E-state index contributed by atoms with van der Waals surface area (Å²) in [6, 6.07) is 7.26. The van der Waals surface area contributed by atoms with Crippen molar-refractivity contribution in [3.8, 4) is 0 Å². The van der Waals surface area contributed by atoms with Crippen molar-refractivity contribution in [2.45, 2.75) is 27.3 Å². The molecule has 1 N–H and O–H groups in total. The maximum Gasteiger partial charge on any atom is 0.274 e. The van der Waals surface area contributed by atoms with Crippen LogP contribution >= 0.6 is 11.3 Å². The molecule has 0 saturated heterocycles. The molecule has 0 saturated carbocycles. The van der Waals surface area contributed by atoms with Crippen LogP contribution in [0.15, 0.2) is 24.3 Å². The molecule has 0 unspecified atom stereocenters. The number of nitrogens with zero attached hydrogens (tertiary/aromatic N) is 1. The molecule has 0 atom stereocenters. The van der Waals surface area contributed by atoms with Crippen molar-refractivity contribution in [3.63, 3.8) is 0 Å². The van der Waals surface area contributed by atoms with E-state index in [-0.39, 0.29) is 10.6 Å². The third-order valence-corrected chi connectivity index (χ3v) is 4.12. The van der Waals surface area contributed by atoms with Crippen molar-refractivity contribution in [2.24, 2.45) is 0 Å². The lowest BCUT2D eigenvalue weighted by Gasteiger charge is -2.09. The Balaban J connectivity index is 2.18. The number of nitrogens with one attached hydrogen (secondary N) is 1. The van der Waals surface area contributed by atoms with Gasteiger partial charge in [0.1, 0.15) is 0 Å². The summed E-state index contributed by atoms with van der Waals surface area (Å²) < 4.78 is 0. The summed E-state index contributed by atoms with van der Waals surface area (Å²) in [7, 11) is 0.